The minimum Gasteiger partial charge on any atom is -0.332 e. The summed E-state index contributed by atoms with van der Waals surface area (Å²) >= 11 is 0. The normalized spacial score (nSPS) is 12.5. The van der Waals surface area contributed by atoms with Crippen molar-refractivity contribution in [3.63, 3.8) is 0 Å². The molecule has 106 valence electrons. The zero-order valence-electron chi connectivity index (χ0n) is 11.3. The lowest BCUT2D eigenvalue weighted by molar-refractivity contribution is -0.137. The topological polar surface area (TPSA) is 32.3 Å². The molecule has 1 aromatic carbocycles. The number of carbonyl (C=O) groups excluding carboxylic acids is 1. The number of hydrogen-bond donors (Lipinski definition) is 1. The zero-order chi connectivity index (χ0) is 14.3. The molecule has 19 heavy (non-hydrogen) atoms. The third-order valence-corrected chi connectivity index (χ3v) is 2.82. The summed E-state index contributed by atoms with van der Waals surface area (Å²) in [5.74, 6) is -0.564. The van der Waals surface area contributed by atoms with E-state index in [9.17, 15) is 13.6 Å². The monoisotopic (exact) mass is 270 g/mol. The van der Waals surface area contributed by atoms with Gasteiger partial charge in [-0.3, -0.25) is 4.79 Å². The van der Waals surface area contributed by atoms with Crippen LogP contribution in [0, 0.1) is 5.92 Å². The van der Waals surface area contributed by atoms with Crippen molar-refractivity contribution in [1.29, 1.82) is 0 Å². The van der Waals surface area contributed by atoms with Crippen molar-refractivity contribution < 1.29 is 13.6 Å². The van der Waals surface area contributed by atoms with Crippen LogP contribution < -0.4 is 5.32 Å². The first-order chi connectivity index (χ1) is 9.04. The van der Waals surface area contributed by atoms with Crippen LogP contribution in [0.15, 0.2) is 30.3 Å². The minimum atomic E-state index is -2.52. The minimum absolute atomic E-state index is 0.220. The predicted molar refractivity (Wildman–Crippen MR) is 71.0 cm³/mol. The Kier molecular flexibility index (Phi) is 6.42. The van der Waals surface area contributed by atoms with Crippen molar-refractivity contribution in [3.05, 3.63) is 35.9 Å². The lowest BCUT2D eigenvalue weighted by Crippen LogP contribution is -2.40. The van der Waals surface area contributed by atoms with Gasteiger partial charge >= 0.3 is 0 Å². The number of hydrogen-bond acceptors (Lipinski definition) is 2. The highest BCUT2D eigenvalue weighted by Crippen LogP contribution is 2.11. The highest BCUT2D eigenvalue weighted by atomic mass is 19.3. The second-order valence-corrected chi connectivity index (χ2v) is 4.55. The second kappa shape index (κ2) is 7.84. The molecular weight excluding hydrogens is 250 g/mol. The fourth-order valence-electron chi connectivity index (χ4n) is 1.91. The average molecular weight is 270 g/mol. The summed E-state index contributed by atoms with van der Waals surface area (Å²) in [7, 11) is 1.73. The molecule has 5 heteroatoms. The van der Waals surface area contributed by atoms with Gasteiger partial charge < -0.3 is 10.2 Å². The van der Waals surface area contributed by atoms with Gasteiger partial charge in [-0.2, -0.15) is 0 Å². The maximum absolute atomic E-state index is 12.6. The standard InChI is InChI=1S/C14H20F2N2O/c1-11(8-17-2)14(19)18(10-13(15)16)9-12-6-4-3-5-7-12/h3-7,11,13,17H,8-10H2,1-2H3. The van der Waals surface area contributed by atoms with Gasteiger partial charge in [0.1, 0.15) is 0 Å². The zero-order valence-corrected chi connectivity index (χ0v) is 11.3. The molecule has 0 saturated carbocycles. The first-order valence-corrected chi connectivity index (χ1v) is 6.30. The van der Waals surface area contributed by atoms with Crippen LogP contribution in [0.25, 0.3) is 0 Å². The highest BCUT2D eigenvalue weighted by molar-refractivity contribution is 5.78. The molecule has 1 unspecified atom stereocenters. The first kappa shape index (κ1) is 15.6. The van der Waals surface area contributed by atoms with Crippen molar-refractivity contribution in [2.75, 3.05) is 20.1 Å². The van der Waals surface area contributed by atoms with Gasteiger partial charge in [-0.1, -0.05) is 37.3 Å². The molecule has 3 nitrogen and oxygen atoms in total. The number of halogens is 2. The average Bonchev–Trinajstić information content (AvgIpc) is 2.38. The van der Waals surface area contributed by atoms with Gasteiger partial charge in [0, 0.05) is 19.0 Å². The number of rotatable bonds is 7. The molecule has 1 atom stereocenters. The van der Waals surface area contributed by atoms with Gasteiger partial charge in [-0.25, -0.2) is 8.78 Å². The number of nitrogens with zero attached hydrogens (tertiary/aromatic N) is 1. The Labute approximate surface area is 112 Å². The Bertz CT molecular complexity index is 384. The van der Waals surface area contributed by atoms with Crippen LogP contribution in [0.4, 0.5) is 8.78 Å². The van der Waals surface area contributed by atoms with Gasteiger partial charge in [0.2, 0.25) is 5.91 Å². The summed E-state index contributed by atoms with van der Waals surface area (Å²) in [5.41, 5.74) is 0.855. The van der Waals surface area contributed by atoms with E-state index < -0.39 is 13.0 Å². The summed E-state index contributed by atoms with van der Waals surface area (Å²) in [6.07, 6.45) is -2.52. The molecule has 1 rings (SSSR count). The van der Waals surface area contributed by atoms with Crippen LogP contribution >= 0.6 is 0 Å². The van der Waals surface area contributed by atoms with Crippen LogP contribution in [-0.2, 0) is 11.3 Å². The Hall–Kier alpha value is -1.49. The van der Waals surface area contributed by atoms with Crippen molar-refractivity contribution in [1.82, 2.24) is 10.2 Å². The lowest BCUT2D eigenvalue weighted by atomic mass is 10.1. The molecule has 0 aromatic heterocycles. The lowest BCUT2D eigenvalue weighted by Gasteiger charge is -2.25. The molecule has 1 amide bonds. The van der Waals surface area contributed by atoms with Crippen LogP contribution in [0.3, 0.4) is 0 Å². The number of carbonyl (C=O) groups is 1. The maximum atomic E-state index is 12.6. The molecule has 0 aliphatic carbocycles. The van der Waals surface area contributed by atoms with Gasteiger partial charge in [0.05, 0.1) is 6.54 Å². The summed E-state index contributed by atoms with van der Waals surface area (Å²) < 4.78 is 25.2. The van der Waals surface area contributed by atoms with E-state index >= 15 is 0 Å². The molecule has 1 N–H and O–H groups in total. The van der Waals surface area contributed by atoms with Crippen molar-refractivity contribution in [3.8, 4) is 0 Å². The van der Waals surface area contributed by atoms with E-state index in [0.717, 1.165) is 5.56 Å². The summed E-state index contributed by atoms with van der Waals surface area (Å²) in [6, 6.07) is 9.17. The van der Waals surface area contributed by atoms with Crippen molar-refractivity contribution in [2.24, 2.45) is 5.92 Å². The third-order valence-electron chi connectivity index (χ3n) is 2.82. The number of benzene rings is 1. The predicted octanol–water partition coefficient (Wildman–Crippen LogP) is 2.14. The van der Waals surface area contributed by atoms with E-state index in [1.807, 2.05) is 30.3 Å². The highest BCUT2D eigenvalue weighted by Gasteiger charge is 2.22. The Balaban J connectivity index is 2.74. The molecule has 0 bridgehead atoms. The van der Waals surface area contributed by atoms with Crippen LogP contribution in [0.2, 0.25) is 0 Å². The SMILES string of the molecule is CNCC(C)C(=O)N(Cc1ccccc1)CC(F)F. The molecule has 0 radical (unpaired) electrons. The summed E-state index contributed by atoms with van der Waals surface area (Å²) in [4.78, 5) is 13.3. The Morgan fingerprint density at radius 1 is 1.32 bits per heavy atom. The number of amides is 1. The van der Waals surface area contributed by atoms with E-state index in [4.69, 9.17) is 0 Å². The van der Waals surface area contributed by atoms with E-state index in [-0.39, 0.29) is 18.4 Å². The summed E-state index contributed by atoms with van der Waals surface area (Å²) in [6.45, 7) is 1.91. The first-order valence-electron chi connectivity index (χ1n) is 6.30. The molecule has 0 fully saturated rings. The largest absolute Gasteiger partial charge is 0.332 e. The Morgan fingerprint density at radius 3 is 2.47 bits per heavy atom. The molecule has 0 spiro atoms. The Morgan fingerprint density at radius 2 is 1.95 bits per heavy atom. The molecule has 0 aliphatic heterocycles. The molecule has 0 saturated heterocycles. The van der Waals surface area contributed by atoms with Crippen molar-refractivity contribution in [2.45, 2.75) is 19.9 Å². The molecule has 0 heterocycles. The van der Waals surface area contributed by atoms with Crippen LogP contribution in [0.5, 0.6) is 0 Å². The second-order valence-electron chi connectivity index (χ2n) is 4.55. The van der Waals surface area contributed by atoms with Crippen LogP contribution in [-0.4, -0.2) is 37.4 Å². The molecule has 0 aliphatic rings. The fourth-order valence-corrected chi connectivity index (χ4v) is 1.91. The van der Waals surface area contributed by atoms with E-state index in [2.05, 4.69) is 5.32 Å². The van der Waals surface area contributed by atoms with E-state index in [1.54, 1.807) is 14.0 Å². The van der Waals surface area contributed by atoms with Gasteiger partial charge in [0.15, 0.2) is 0 Å². The maximum Gasteiger partial charge on any atom is 0.255 e. The van der Waals surface area contributed by atoms with E-state index in [1.165, 1.54) is 4.90 Å². The number of alkyl halides is 2. The van der Waals surface area contributed by atoms with Crippen LogP contribution in [0.1, 0.15) is 12.5 Å². The fraction of sp³-hybridized carbons (Fsp3) is 0.500. The summed E-state index contributed by atoms with van der Waals surface area (Å²) in [5, 5.41) is 2.89. The van der Waals surface area contributed by atoms with Crippen molar-refractivity contribution >= 4 is 5.91 Å². The third kappa shape index (κ3) is 5.34. The van der Waals surface area contributed by atoms with E-state index in [0.29, 0.717) is 6.54 Å². The van der Waals surface area contributed by atoms with Gasteiger partial charge in [-0.05, 0) is 12.6 Å². The van der Waals surface area contributed by atoms with Gasteiger partial charge in [-0.15, -0.1) is 0 Å². The quantitative estimate of drug-likeness (QED) is 0.823. The molecular formula is C14H20F2N2O. The van der Waals surface area contributed by atoms with Gasteiger partial charge in [0.25, 0.3) is 6.43 Å². The number of nitrogens with one attached hydrogen (secondary N) is 1. The molecule has 1 aromatic rings. The smallest absolute Gasteiger partial charge is 0.255 e.